The van der Waals surface area contributed by atoms with Gasteiger partial charge in [-0.15, -0.1) is 0 Å². The van der Waals surface area contributed by atoms with Crippen molar-refractivity contribution in [2.24, 2.45) is 0 Å². The Labute approximate surface area is 131 Å². The molecule has 0 spiro atoms. The van der Waals surface area contributed by atoms with Crippen LogP contribution < -0.4 is 0 Å². The monoisotopic (exact) mass is 402 g/mol. The summed E-state index contributed by atoms with van der Waals surface area (Å²) < 4.78 is 11.6. The van der Waals surface area contributed by atoms with Gasteiger partial charge < -0.3 is 14.3 Å². The smallest absolute Gasteiger partial charge is 0.308 e. The van der Waals surface area contributed by atoms with Crippen LogP contribution in [0.4, 0.5) is 0 Å². The molecule has 0 bridgehead atoms. The lowest BCUT2D eigenvalue weighted by Gasteiger charge is -2.39. The van der Waals surface area contributed by atoms with Crippen LogP contribution in [-0.2, 0) is 14.0 Å². The fourth-order valence-electron chi connectivity index (χ4n) is 1.40. The lowest BCUT2D eigenvalue weighted by Crippen LogP contribution is -2.45. The van der Waals surface area contributed by atoms with E-state index in [2.05, 4.69) is 56.5 Å². The van der Waals surface area contributed by atoms with Gasteiger partial charge in [0.2, 0.25) is 0 Å². The first-order valence-electron chi connectivity index (χ1n) is 6.52. The van der Waals surface area contributed by atoms with Crippen LogP contribution in [0.2, 0.25) is 18.1 Å². The van der Waals surface area contributed by atoms with Crippen LogP contribution in [0.25, 0.3) is 0 Å². The van der Waals surface area contributed by atoms with Crippen LogP contribution in [0.15, 0.2) is 0 Å². The minimum atomic E-state index is -1.95. The molecule has 6 heteroatoms. The highest BCUT2D eigenvalue weighted by Gasteiger charge is 2.39. The van der Waals surface area contributed by atoms with Crippen molar-refractivity contribution in [2.45, 2.75) is 64.0 Å². The molecule has 0 saturated heterocycles. The van der Waals surface area contributed by atoms with Crippen molar-refractivity contribution >= 4 is 36.9 Å². The number of alkyl halides is 1. The lowest BCUT2D eigenvalue weighted by molar-refractivity contribution is -0.142. The standard InChI is InChI=1S/C13H27IO4Si/c1-13(2,3)19(5,6)18-11(7-10(15)9-14)8-12(16)17-4/h10-11,15H,7-9H2,1-6H3/t10?,11-/m1/s1. The van der Waals surface area contributed by atoms with Gasteiger partial charge >= 0.3 is 5.97 Å². The minimum Gasteiger partial charge on any atom is -0.469 e. The first kappa shape index (κ1) is 19.3. The maximum atomic E-state index is 11.5. The third-order valence-corrected chi connectivity index (χ3v) is 9.15. The molecule has 19 heavy (non-hydrogen) atoms. The Morgan fingerprint density at radius 1 is 1.37 bits per heavy atom. The number of aliphatic hydroxyl groups is 1. The van der Waals surface area contributed by atoms with E-state index in [1.54, 1.807) is 0 Å². The van der Waals surface area contributed by atoms with Crippen molar-refractivity contribution < 1.29 is 19.1 Å². The van der Waals surface area contributed by atoms with Gasteiger partial charge in [0, 0.05) is 4.43 Å². The van der Waals surface area contributed by atoms with E-state index in [0.29, 0.717) is 10.8 Å². The van der Waals surface area contributed by atoms with Gasteiger partial charge in [0.1, 0.15) is 0 Å². The number of aliphatic hydroxyl groups excluding tert-OH is 1. The van der Waals surface area contributed by atoms with E-state index in [0.717, 1.165) is 0 Å². The molecule has 0 aromatic rings. The van der Waals surface area contributed by atoms with E-state index < -0.39 is 14.4 Å². The zero-order chi connectivity index (χ0) is 15.3. The van der Waals surface area contributed by atoms with Crippen LogP contribution >= 0.6 is 22.6 Å². The third-order valence-electron chi connectivity index (χ3n) is 3.60. The molecular formula is C13H27IO4Si. The van der Waals surface area contributed by atoms with E-state index in [9.17, 15) is 9.90 Å². The van der Waals surface area contributed by atoms with Crippen LogP contribution in [0.3, 0.4) is 0 Å². The number of carbonyl (C=O) groups is 1. The molecule has 0 amide bonds. The predicted molar refractivity (Wildman–Crippen MR) is 88.2 cm³/mol. The molecule has 0 fully saturated rings. The Balaban J connectivity index is 4.79. The van der Waals surface area contributed by atoms with Crippen LogP contribution in [0, 0.1) is 0 Å². The Morgan fingerprint density at radius 3 is 2.26 bits per heavy atom. The number of hydrogen-bond donors (Lipinski definition) is 1. The molecule has 0 radical (unpaired) electrons. The Bertz CT molecular complexity index is 289. The van der Waals surface area contributed by atoms with Gasteiger partial charge in [-0.1, -0.05) is 43.4 Å². The topological polar surface area (TPSA) is 55.8 Å². The zero-order valence-electron chi connectivity index (χ0n) is 12.8. The number of rotatable bonds is 7. The summed E-state index contributed by atoms with van der Waals surface area (Å²) in [5.41, 5.74) is 0. The van der Waals surface area contributed by atoms with Gasteiger partial charge in [0.15, 0.2) is 8.32 Å². The van der Waals surface area contributed by atoms with E-state index >= 15 is 0 Å². The molecule has 0 aliphatic heterocycles. The Hall–Kier alpha value is 0.337. The fourth-order valence-corrected chi connectivity index (χ4v) is 3.13. The molecule has 0 heterocycles. The Morgan fingerprint density at radius 2 is 1.89 bits per heavy atom. The van der Waals surface area contributed by atoms with E-state index in [-0.39, 0.29) is 23.5 Å². The highest BCUT2D eigenvalue weighted by molar-refractivity contribution is 14.1. The number of carbonyl (C=O) groups excluding carboxylic acids is 1. The van der Waals surface area contributed by atoms with Crippen molar-refractivity contribution in [3.63, 3.8) is 0 Å². The molecule has 0 rings (SSSR count). The number of esters is 1. The number of halogens is 1. The fraction of sp³-hybridized carbons (Fsp3) is 0.923. The summed E-state index contributed by atoms with van der Waals surface area (Å²) in [5.74, 6) is -0.288. The first-order valence-corrected chi connectivity index (χ1v) is 11.0. The van der Waals surface area contributed by atoms with Crippen molar-refractivity contribution in [3.8, 4) is 0 Å². The number of methoxy groups -OCH3 is 1. The zero-order valence-corrected chi connectivity index (χ0v) is 16.0. The molecule has 0 aromatic carbocycles. The second kappa shape index (κ2) is 7.95. The third kappa shape index (κ3) is 7.06. The lowest BCUT2D eigenvalue weighted by atomic mass is 10.1. The molecule has 1 unspecified atom stereocenters. The summed E-state index contributed by atoms with van der Waals surface area (Å²) in [4.78, 5) is 11.5. The summed E-state index contributed by atoms with van der Waals surface area (Å²) in [7, 11) is -0.573. The largest absolute Gasteiger partial charge is 0.469 e. The van der Waals surface area contributed by atoms with Crippen molar-refractivity contribution in [1.29, 1.82) is 0 Å². The Kier molecular flexibility index (Phi) is 8.09. The summed E-state index contributed by atoms with van der Waals surface area (Å²) in [5, 5.41) is 9.87. The van der Waals surface area contributed by atoms with Gasteiger partial charge in [-0.2, -0.15) is 0 Å². The van der Waals surface area contributed by atoms with Crippen LogP contribution in [-0.4, -0.2) is 43.1 Å². The van der Waals surface area contributed by atoms with E-state index in [1.165, 1.54) is 7.11 Å². The average Bonchev–Trinajstić information content (AvgIpc) is 2.26. The van der Waals surface area contributed by atoms with Gasteiger partial charge in [-0.25, -0.2) is 0 Å². The molecule has 0 aliphatic carbocycles. The average molecular weight is 402 g/mol. The molecule has 2 atom stereocenters. The van der Waals surface area contributed by atoms with Crippen molar-refractivity contribution in [3.05, 3.63) is 0 Å². The molecule has 4 nitrogen and oxygen atoms in total. The van der Waals surface area contributed by atoms with Gasteiger partial charge in [-0.05, 0) is 24.6 Å². The van der Waals surface area contributed by atoms with Crippen molar-refractivity contribution in [2.75, 3.05) is 11.5 Å². The second-order valence-electron chi connectivity index (χ2n) is 6.32. The summed E-state index contributed by atoms with van der Waals surface area (Å²) >= 11 is 2.13. The molecule has 1 N–H and O–H groups in total. The summed E-state index contributed by atoms with van der Waals surface area (Å²) in [6, 6.07) is 0. The highest BCUT2D eigenvalue weighted by Crippen LogP contribution is 2.38. The van der Waals surface area contributed by atoms with Crippen LogP contribution in [0.1, 0.15) is 33.6 Å². The molecule has 0 saturated carbocycles. The van der Waals surface area contributed by atoms with E-state index in [1.807, 2.05) is 0 Å². The van der Waals surface area contributed by atoms with Gasteiger partial charge in [0.05, 0.1) is 25.7 Å². The molecular weight excluding hydrogens is 375 g/mol. The van der Waals surface area contributed by atoms with Gasteiger partial charge in [0.25, 0.3) is 0 Å². The van der Waals surface area contributed by atoms with Crippen molar-refractivity contribution in [1.82, 2.24) is 0 Å². The predicted octanol–water partition coefficient (Wildman–Crippen LogP) is 3.13. The van der Waals surface area contributed by atoms with Gasteiger partial charge in [-0.3, -0.25) is 4.79 Å². The second-order valence-corrected chi connectivity index (χ2v) is 12.0. The minimum absolute atomic E-state index is 0.0800. The SMILES string of the molecule is COC(=O)C[C@@H](CC(O)CI)O[Si](C)(C)C(C)(C)C. The molecule has 0 aromatic heterocycles. The quantitative estimate of drug-likeness (QED) is 0.308. The number of ether oxygens (including phenoxy) is 1. The van der Waals surface area contributed by atoms with E-state index in [4.69, 9.17) is 9.16 Å². The first-order chi connectivity index (χ1) is 8.53. The molecule has 114 valence electrons. The number of hydrogen-bond acceptors (Lipinski definition) is 4. The summed E-state index contributed by atoms with van der Waals surface area (Å²) in [6.07, 6.45) is -0.0283. The maximum absolute atomic E-state index is 11.5. The summed E-state index contributed by atoms with van der Waals surface area (Å²) in [6.45, 7) is 10.8. The normalized spacial score (nSPS) is 16.0. The maximum Gasteiger partial charge on any atom is 0.308 e. The van der Waals surface area contributed by atoms with Crippen LogP contribution in [0.5, 0.6) is 0 Å². The highest BCUT2D eigenvalue weighted by atomic mass is 127. The molecule has 0 aliphatic rings.